The standard InChI is InChI=1S/C24H28N2O4S/c27-20(13-12-17-6-2-1-3-7-17)14-15-31(29,30)26-24(28)25-23-21-10-4-8-18(21)16-19-9-5-11-22(19)23/h1-3,6-7,16H,4-5,8-15H2,(H2,25,26,28). The number of hydrogen-bond acceptors (Lipinski definition) is 4. The summed E-state index contributed by atoms with van der Waals surface area (Å²) in [5.74, 6) is -0.521. The molecular formula is C24H28N2O4S. The number of urea groups is 1. The summed E-state index contributed by atoms with van der Waals surface area (Å²) in [6.07, 6.45) is 6.68. The van der Waals surface area contributed by atoms with E-state index in [1.54, 1.807) is 0 Å². The van der Waals surface area contributed by atoms with Gasteiger partial charge in [0.05, 0.1) is 5.75 Å². The van der Waals surface area contributed by atoms with Gasteiger partial charge in [0.15, 0.2) is 0 Å². The first kappa shape index (κ1) is 21.6. The van der Waals surface area contributed by atoms with Gasteiger partial charge in [0.25, 0.3) is 0 Å². The normalized spacial score (nSPS) is 14.7. The number of amides is 2. The number of carbonyl (C=O) groups is 2. The topological polar surface area (TPSA) is 92.3 Å². The summed E-state index contributed by atoms with van der Waals surface area (Å²) in [6, 6.07) is 11.1. The predicted octanol–water partition coefficient (Wildman–Crippen LogP) is 3.71. The Hall–Kier alpha value is -2.67. The summed E-state index contributed by atoms with van der Waals surface area (Å²) in [5, 5.41) is 2.82. The summed E-state index contributed by atoms with van der Waals surface area (Å²) in [5.41, 5.74) is 6.66. The summed E-state index contributed by atoms with van der Waals surface area (Å²) < 4.78 is 26.8. The largest absolute Gasteiger partial charge is 0.332 e. The number of hydrogen-bond donors (Lipinski definition) is 2. The van der Waals surface area contributed by atoms with Crippen molar-refractivity contribution < 1.29 is 18.0 Å². The fourth-order valence-corrected chi connectivity index (χ4v) is 5.53. The summed E-state index contributed by atoms with van der Waals surface area (Å²) in [4.78, 5) is 24.6. The molecule has 31 heavy (non-hydrogen) atoms. The molecular weight excluding hydrogens is 412 g/mol. The first-order chi connectivity index (χ1) is 14.9. The minimum atomic E-state index is -3.89. The number of Topliss-reactive ketones (excluding diaryl/α,β-unsaturated/α-hetero) is 1. The monoisotopic (exact) mass is 440 g/mol. The highest BCUT2D eigenvalue weighted by Crippen LogP contribution is 2.38. The van der Waals surface area contributed by atoms with Crippen molar-refractivity contribution in [1.82, 2.24) is 4.72 Å². The van der Waals surface area contributed by atoms with Crippen molar-refractivity contribution >= 4 is 27.5 Å². The van der Waals surface area contributed by atoms with Crippen LogP contribution in [0.5, 0.6) is 0 Å². The Balaban J connectivity index is 1.32. The number of rotatable bonds is 8. The maximum atomic E-state index is 12.5. The molecule has 2 aliphatic rings. The van der Waals surface area contributed by atoms with Crippen LogP contribution >= 0.6 is 0 Å². The summed E-state index contributed by atoms with van der Waals surface area (Å²) >= 11 is 0. The van der Waals surface area contributed by atoms with Crippen LogP contribution in [-0.2, 0) is 46.9 Å². The molecule has 2 aliphatic carbocycles. The average Bonchev–Trinajstić information content (AvgIpc) is 3.40. The molecule has 0 aromatic heterocycles. The molecule has 4 rings (SSSR count). The number of carbonyl (C=O) groups excluding carboxylic acids is 2. The zero-order valence-corrected chi connectivity index (χ0v) is 18.4. The van der Waals surface area contributed by atoms with Crippen molar-refractivity contribution in [1.29, 1.82) is 0 Å². The Morgan fingerprint density at radius 1 is 0.871 bits per heavy atom. The van der Waals surface area contributed by atoms with Gasteiger partial charge in [-0.1, -0.05) is 36.4 Å². The van der Waals surface area contributed by atoms with Gasteiger partial charge in [0, 0.05) is 18.5 Å². The van der Waals surface area contributed by atoms with Crippen LogP contribution in [-0.4, -0.2) is 26.0 Å². The van der Waals surface area contributed by atoms with E-state index in [9.17, 15) is 18.0 Å². The zero-order valence-electron chi connectivity index (χ0n) is 17.6. The fraction of sp³-hybridized carbons (Fsp3) is 0.417. The van der Waals surface area contributed by atoms with E-state index in [2.05, 4.69) is 16.1 Å². The van der Waals surface area contributed by atoms with Gasteiger partial charge in [-0.25, -0.2) is 17.9 Å². The SMILES string of the molecule is O=C(CCc1ccccc1)CCS(=O)(=O)NC(=O)Nc1c2c(cc3c1CCC3)CCC2. The maximum Gasteiger partial charge on any atom is 0.332 e. The molecule has 2 amide bonds. The minimum Gasteiger partial charge on any atom is -0.307 e. The highest BCUT2D eigenvalue weighted by molar-refractivity contribution is 7.90. The molecule has 7 heteroatoms. The second-order valence-electron chi connectivity index (χ2n) is 8.38. The number of nitrogens with one attached hydrogen (secondary N) is 2. The van der Waals surface area contributed by atoms with E-state index >= 15 is 0 Å². The second-order valence-corrected chi connectivity index (χ2v) is 10.2. The van der Waals surface area contributed by atoms with Crippen molar-refractivity contribution in [2.75, 3.05) is 11.1 Å². The van der Waals surface area contributed by atoms with Crippen LogP contribution < -0.4 is 10.0 Å². The first-order valence-electron chi connectivity index (χ1n) is 10.9. The quantitative estimate of drug-likeness (QED) is 0.655. The third-order valence-corrected chi connectivity index (χ3v) is 7.38. The smallest absolute Gasteiger partial charge is 0.307 e. The lowest BCUT2D eigenvalue weighted by atomic mass is 9.99. The van der Waals surface area contributed by atoms with Crippen molar-refractivity contribution in [3.05, 3.63) is 64.2 Å². The third-order valence-electron chi connectivity index (χ3n) is 6.14. The van der Waals surface area contributed by atoms with Crippen molar-refractivity contribution in [3.8, 4) is 0 Å². The van der Waals surface area contributed by atoms with Gasteiger partial charge in [-0.2, -0.15) is 0 Å². The second kappa shape index (κ2) is 9.22. The summed E-state index contributed by atoms with van der Waals surface area (Å²) in [7, 11) is -3.89. The molecule has 2 N–H and O–H groups in total. The molecule has 0 aliphatic heterocycles. The molecule has 6 nitrogen and oxygen atoms in total. The van der Waals surface area contributed by atoms with Gasteiger partial charge in [-0.15, -0.1) is 0 Å². The number of benzene rings is 2. The van der Waals surface area contributed by atoms with Gasteiger partial charge in [0.1, 0.15) is 5.78 Å². The molecule has 0 spiro atoms. The summed E-state index contributed by atoms with van der Waals surface area (Å²) in [6.45, 7) is 0. The van der Waals surface area contributed by atoms with Crippen LogP contribution in [0.15, 0.2) is 36.4 Å². The van der Waals surface area contributed by atoms with Crippen LogP contribution in [0.2, 0.25) is 0 Å². The Morgan fingerprint density at radius 3 is 2.16 bits per heavy atom. The Kier molecular flexibility index (Phi) is 6.41. The Morgan fingerprint density at radius 2 is 1.52 bits per heavy atom. The molecule has 0 fully saturated rings. The van der Waals surface area contributed by atoms with Crippen molar-refractivity contribution in [2.45, 2.75) is 57.8 Å². The van der Waals surface area contributed by atoms with E-state index < -0.39 is 16.1 Å². The highest BCUT2D eigenvalue weighted by atomic mass is 32.2. The number of sulfonamides is 1. The molecule has 0 bridgehead atoms. The van der Waals surface area contributed by atoms with Crippen LogP contribution in [0.3, 0.4) is 0 Å². The molecule has 0 saturated heterocycles. The first-order valence-corrected chi connectivity index (χ1v) is 12.6. The van der Waals surface area contributed by atoms with E-state index in [0.717, 1.165) is 60.9 Å². The van der Waals surface area contributed by atoms with E-state index in [4.69, 9.17) is 0 Å². The lowest BCUT2D eigenvalue weighted by Crippen LogP contribution is -2.36. The van der Waals surface area contributed by atoms with Crippen LogP contribution in [0.4, 0.5) is 10.5 Å². The lowest BCUT2D eigenvalue weighted by Gasteiger charge is -2.16. The van der Waals surface area contributed by atoms with Crippen molar-refractivity contribution in [3.63, 3.8) is 0 Å². The number of anilines is 1. The molecule has 0 atom stereocenters. The average molecular weight is 441 g/mol. The van der Waals surface area contributed by atoms with E-state index in [1.165, 1.54) is 11.1 Å². The van der Waals surface area contributed by atoms with E-state index in [-0.39, 0.29) is 24.4 Å². The van der Waals surface area contributed by atoms with Gasteiger partial charge in [-0.3, -0.25) is 4.79 Å². The Labute approximate surface area is 183 Å². The van der Waals surface area contributed by atoms with Crippen LogP contribution in [0.1, 0.15) is 53.5 Å². The van der Waals surface area contributed by atoms with Gasteiger partial charge < -0.3 is 5.32 Å². The third kappa shape index (κ3) is 5.34. The zero-order chi connectivity index (χ0) is 21.8. The van der Waals surface area contributed by atoms with E-state index in [1.807, 2.05) is 30.3 Å². The van der Waals surface area contributed by atoms with Crippen molar-refractivity contribution in [2.24, 2.45) is 0 Å². The van der Waals surface area contributed by atoms with Gasteiger partial charge in [-0.05, 0) is 72.8 Å². The van der Waals surface area contributed by atoms with Gasteiger partial charge >= 0.3 is 6.03 Å². The predicted molar refractivity (Wildman–Crippen MR) is 121 cm³/mol. The Bertz CT molecular complexity index is 1060. The molecule has 0 heterocycles. The maximum absolute atomic E-state index is 12.5. The molecule has 2 aromatic carbocycles. The number of fused-ring (bicyclic) bond motifs is 2. The number of aryl methyl sites for hydroxylation is 3. The minimum absolute atomic E-state index is 0.106. The van der Waals surface area contributed by atoms with E-state index in [0.29, 0.717) is 6.42 Å². The van der Waals surface area contributed by atoms with Crippen LogP contribution in [0.25, 0.3) is 0 Å². The molecule has 164 valence electrons. The number of ketones is 1. The lowest BCUT2D eigenvalue weighted by molar-refractivity contribution is -0.118. The van der Waals surface area contributed by atoms with Gasteiger partial charge in [0.2, 0.25) is 10.0 Å². The molecule has 2 aromatic rings. The fourth-order valence-electron chi connectivity index (χ4n) is 4.60. The molecule has 0 unspecified atom stereocenters. The molecule has 0 saturated carbocycles. The molecule has 0 radical (unpaired) electrons. The van der Waals surface area contributed by atoms with Crippen LogP contribution in [0, 0.1) is 0 Å². The highest BCUT2D eigenvalue weighted by Gasteiger charge is 2.26.